The largest absolute Gasteiger partial charge is 0.393 e. The molecule has 4 aliphatic carbocycles. The fourth-order valence-corrected chi connectivity index (χ4v) is 9.41. The van der Waals surface area contributed by atoms with Crippen molar-refractivity contribution in [2.75, 3.05) is 0 Å². The molecule has 0 saturated heterocycles. The lowest BCUT2D eigenvalue weighted by atomic mass is 9.42. The van der Waals surface area contributed by atoms with Gasteiger partial charge in [-0.05, 0) is 118 Å². The molecule has 3 N–H and O–H groups in total. The van der Waals surface area contributed by atoms with Crippen molar-refractivity contribution in [3.05, 3.63) is 0 Å². The molecule has 4 heteroatoms. The maximum Gasteiger partial charge on any atom is 0.220 e. The predicted octanol–water partition coefficient (Wildman–Crippen LogP) is 5.55. The van der Waals surface area contributed by atoms with Crippen LogP contribution in [0.3, 0.4) is 0 Å². The van der Waals surface area contributed by atoms with Crippen molar-refractivity contribution in [3.8, 4) is 0 Å². The van der Waals surface area contributed by atoms with Gasteiger partial charge in [-0.15, -0.1) is 0 Å². The SMILES string of the molecule is C[C@@H]1CC[C@@]2(C)[C@@H](C1)C[C@@H](O)[C@@H]1[C@@H]2C[C@H](O)[C@]2(C)[C@@H]([C@H](C)CCC(=O)NC(C)(C)C)CC[C@@H]12. The summed E-state index contributed by atoms with van der Waals surface area (Å²) in [5.74, 6) is 3.49. The van der Waals surface area contributed by atoms with Crippen molar-refractivity contribution in [2.24, 2.45) is 52.3 Å². The summed E-state index contributed by atoms with van der Waals surface area (Å²) >= 11 is 0. The molecule has 1 amide bonds. The normalized spacial score (nSPS) is 48.4. The van der Waals surface area contributed by atoms with E-state index >= 15 is 0 Å². The Hall–Kier alpha value is -0.610. The summed E-state index contributed by atoms with van der Waals surface area (Å²) in [7, 11) is 0. The Morgan fingerprint density at radius 3 is 2.42 bits per heavy atom. The Bertz CT molecular complexity index is 731. The van der Waals surface area contributed by atoms with Gasteiger partial charge in [0.1, 0.15) is 0 Å². The summed E-state index contributed by atoms with van der Waals surface area (Å²) in [6.45, 7) is 15.6. The van der Waals surface area contributed by atoms with Gasteiger partial charge in [-0.3, -0.25) is 4.79 Å². The molecule has 0 unspecified atom stereocenters. The minimum Gasteiger partial charge on any atom is -0.393 e. The van der Waals surface area contributed by atoms with Crippen LogP contribution < -0.4 is 5.32 Å². The second-order valence-electron chi connectivity index (χ2n) is 14.3. The second kappa shape index (κ2) is 8.80. The van der Waals surface area contributed by atoms with Crippen LogP contribution in [0.15, 0.2) is 0 Å². The molecule has 0 aromatic rings. The molecule has 0 bridgehead atoms. The molecule has 0 radical (unpaired) electrons. The Labute approximate surface area is 202 Å². The van der Waals surface area contributed by atoms with Gasteiger partial charge in [-0.1, -0.05) is 34.1 Å². The number of hydrogen-bond acceptors (Lipinski definition) is 3. The Morgan fingerprint density at radius 1 is 1.06 bits per heavy atom. The summed E-state index contributed by atoms with van der Waals surface area (Å²) < 4.78 is 0. The van der Waals surface area contributed by atoms with E-state index in [4.69, 9.17) is 0 Å². The minimum absolute atomic E-state index is 0.131. The predicted molar refractivity (Wildman–Crippen MR) is 133 cm³/mol. The van der Waals surface area contributed by atoms with Gasteiger partial charge in [-0.25, -0.2) is 0 Å². The van der Waals surface area contributed by atoms with Crippen LogP contribution in [0.5, 0.6) is 0 Å². The van der Waals surface area contributed by atoms with Crippen LogP contribution in [0.4, 0.5) is 0 Å². The van der Waals surface area contributed by atoms with E-state index in [0.717, 1.165) is 38.0 Å². The lowest BCUT2D eigenvalue weighted by Gasteiger charge is -2.63. The molecule has 190 valence electrons. The summed E-state index contributed by atoms with van der Waals surface area (Å²) in [5, 5.41) is 26.3. The third-order valence-corrected chi connectivity index (χ3v) is 11.2. The average molecular weight is 462 g/mol. The van der Waals surface area contributed by atoms with E-state index in [1.807, 2.05) is 20.8 Å². The quantitative estimate of drug-likeness (QED) is 0.514. The number of carbonyl (C=O) groups excluding carboxylic acids is 1. The lowest BCUT2D eigenvalue weighted by Crippen LogP contribution is -2.62. The first-order chi connectivity index (χ1) is 15.3. The fraction of sp³-hybridized carbons (Fsp3) is 0.966. The number of carbonyl (C=O) groups is 1. The van der Waals surface area contributed by atoms with Crippen molar-refractivity contribution in [2.45, 2.75) is 124 Å². The van der Waals surface area contributed by atoms with Crippen LogP contribution in [0.2, 0.25) is 0 Å². The Morgan fingerprint density at radius 2 is 1.76 bits per heavy atom. The van der Waals surface area contributed by atoms with Crippen LogP contribution in [0, 0.1) is 52.3 Å². The monoisotopic (exact) mass is 461 g/mol. The molecule has 4 nitrogen and oxygen atoms in total. The number of aliphatic hydroxyl groups is 2. The van der Waals surface area contributed by atoms with E-state index < -0.39 is 0 Å². The zero-order chi connectivity index (χ0) is 24.3. The van der Waals surface area contributed by atoms with Crippen molar-refractivity contribution in [1.82, 2.24) is 5.32 Å². The molecule has 0 aromatic heterocycles. The summed E-state index contributed by atoms with van der Waals surface area (Å²) in [6.07, 6.45) is 8.73. The molecule has 0 heterocycles. The second-order valence-corrected chi connectivity index (χ2v) is 14.3. The standard InChI is InChI=1S/C29H51NO3/c1-17-12-13-28(6)19(14-17)15-23(31)26-21-10-9-20(29(21,7)24(32)16-22(26)28)18(2)8-11-25(33)30-27(3,4)5/h17-24,26,31-32H,8-16H2,1-7H3,(H,30,33)/t17-,18-,19+,20-,21+,22+,23-,24+,26+,28+,29-/m1/s1. The first-order valence-electron chi connectivity index (χ1n) is 13.9. The van der Waals surface area contributed by atoms with E-state index in [1.54, 1.807) is 0 Å². The van der Waals surface area contributed by atoms with Crippen LogP contribution in [-0.2, 0) is 4.79 Å². The highest BCUT2D eigenvalue weighted by Crippen LogP contribution is 2.68. The summed E-state index contributed by atoms with van der Waals surface area (Å²) in [6, 6.07) is 0. The smallest absolute Gasteiger partial charge is 0.220 e. The zero-order valence-electron chi connectivity index (χ0n) is 22.4. The molecule has 4 saturated carbocycles. The maximum atomic E-state index is 12.4. The highest BCUT2D eigenvalue weighted by Gasteiger charge is 2.65. The lowest BCUT2D eigenvalue weighted by molar-refractivity contribution is -0.203. The molecule has 0 aliphatic heterocycles. The number of aliphatic hydroxyl groups excluding tert-OH is 2. The number of amides is 1. The molecule has 4 aliphatic rings. The van der Waals surface area contributed by atoms with Crippen LogP contribution >= 0.6 is 0 Å². The topological polar surface area (TPSA) is 69.6 Å². The van der Waals surface area contributed by atoms with Gasteiger partial charge < -0.3 is 15.5 Å². The Kier molecular flexibility index (Phi) is 6.80. The van der Waals surface area contributed by atoms with Crippen LogP contribution in [0.1, 0.15) is 106 Å². The first kappa shape index (κ1) is 25.5. The van der Waals surface area contributed by atoms with Gasteiger partial charge in [0.25, 0.3) is 0 Å². The van der Waals surface area contributed by atoms with Gasteiger partial charge in [0.2, 0.25) is 5.91 Å². The number of hydrogen-bond donors (Lipinski definition) is 3. The van der Waals surface area contributed by atoms with Crippen molar-refractivity contribution in [1.29, 1.82) is 0 Å². The van der Waals surface area contributed by atoms with Gasteiger partial charge in [-0.2, -0.15) is 0 Å². The molecular formula is C29H51NO3. The van der Waals surface area contributed by atoms with E-state index in [0.29, 0.717) is 41.9 Å². The molecule has 11 atom stereocenters. The molecular weight excluding hydrogens is 410 g/mol. The number of nitrogens with one attached hydrogen (secondary N) is 1. The molecule has 0 spiro atoms. The first-order valence-corrected chi connectivity index (χ1v) is 13.9. The molecule has 0 aromatic carbocycles. The number of rotatable bonds is 4. The van der Waals surface area contributed by atoms with E-state index in [2.05, 4.69) is 33.0 Å². The minimum atomic E-state index is -0.302. The number of fused-ring (bicyclic) bond motifs is 5. The van der Waals surface area contributed by atoms with E-state index in [9.17, 15) is 15.0 Å². The summed E-state index contributed by atoms with van der Waals surface area (Å²) in [5.41, 5.74) is -0.0674. The average Bonchev–Trinajstić information content (AvgIpc) is 3.06. The summed E-state index contributed by atoms with van der Waals surface area (Å²) in [4.78, 5) is 12.4. The Balaban J connectivity index is 1.50. The third-order valence-electron chi connectivity index (χ3n) is 11.2. The molecule has 4 rings (SSSR count). The van der Waals surface area contributed by atoms with Crippen molar-refractivity contribution >= 4 is 5.91 Å². The van der Waals surface area contributed by atoms with E-state index in [-0.39, 0.29) is 34.5 Å². The van der Waals surface area contributed by atoms with Crippen LogP contribution in [-0.4, -0.2) is 33.9 Å². The third kappa shape index (κ3) is 4.41. The zero-order valence-corrected chi connectivity index (χ0v) is 22.4. The van der Waals surface area contributed by atoms with Gasteiger partial charge in [0, 0.05) is 12.0 Å². The van der Waals surface area contributed by atoms with Crippen molar-refractivity contribution < 1.29 is 15.0 Å². The fourth-order valence-electron chi connectivity index (χ4n) is 9.41. The van der Waals surface area contributed by atoms with E-state index in [1.165, 1.54) is 19.3 Å². The van der Waals surface area contributed by atoms with Gasteiger partial charge in [0.05, 0.1) is 12.2 Å². The molecule has 4 fully saturated rings. The highest BCUT2D eigenvalue weighted by atomic mass is 16.3. The molecule has 33 heavy (non-hydrogen) atoms. The van der Waals surface area contributed by atoms with Gasteiger partial charge in [0.15, 0.2) is 0 Å². The van der Waals surface area contributed by atoms with Gasteiger partial charge >= 0.3 is 0 Å². The van der Waals surface area contributed by atoms with Crippen molar-refractivity contribution in [3.63, 3.8) is 0 Å². The van der Waals surface area contributed by atoms with Crippen LogP contribution in [0.25, 0.3) is 0 Å². The maximum absolute atomic E-state index is 12.4. The highest BCUT2D eigenvalue weighted by molar-refractivity contribution is 5.76.